The molecule has 1 saturated carbocycles. The smallest absolute Gasteiger partial charge is 0.315 e. The van der Waals surface area contributed by atoms with Gasteiger partial charge in [-0.05, 0) is 37.6 Å². The lowest BCUT2D eigenvalue weighted by Crippen LogP contribution is -2.36. The lowest BCUT2D eigenvalue weighted by molar-refractivity contribution is -0.152. The second kappa shape index (κ2) is 3.91. The van der Waals surface area contributed by atoms with Crippen molar-refractivity contribution in [3.8, 4) is 0 Å². The van der Waals surface area contributed by atoms with Gasteiger partial charge in [-0.15, -0.1) is 5.10 Å². The Hall–Kier alpha value is -2.17. The average Bonchev–Trinajstić information content (AvgIpc) is 3.15. The van der Waals surface area contributed by atoms with Crippen molar-refractivity contribution < 1.29 is 9.63 Å². The van der Waals surface area contributed by atoms with Crippen LogP contribution in [0.3, 0.4) is 0 Å². The van der Waals surface area contributed by atoms with Gasteiger partial charge in [0, 0.05) is 5.39 Å². The van der Waals surface area contributed by atoms with Crippen LogP contribution in [-0.4, -0.2) is 15.9 Å². The summed E-state index contributed by atoms with van der Waals surface area (Å²) in [5, 5.41) is 5.32. The molecule has 2 aromatic rings. The van der Waals surface area contributed by atoms with Crippen LogP contribution in [0.4, 0.5) is 0 Å². The van der Waals surface area contributed by atoms with Crippen molar-refractivity contribution in [2.24, 2.45) is 5.41 Å². The highest BCUT2D eigenvalue weighted by molar-refractivity contribution is 5.83. The summed E-state index contributed by atoms with van der Waals surface area (Å²) in [6, 6.07) is 7.15. The van der Waals surface area contributed by atoms with Crippen molar-refractivity contribution in [1.29, 1.82) is 0 Å². The molecule has 3 rings (SSSR count). The fourth-order valence-electron chi connectivity index (χ4n) is 1.97. The molecule has 0 atom stereocenters. The third kappa shape index (κ3) is 1.91. The molecule has 1 heterocycles. The summed E-state index contributed by atoms with van der Waals surface area (Å²) in [7, 11) is 0. The van der Waals surface area contributed by atoms with Gasteiger partial charge in [0.15, 0.2) is 0 Å². The van der Waals surface area contributed by atoms with Gasteiger partial charge in [-0.1, -0.05) is 18.2 Å². The Morgan fingerprint density at radius 2 is 1.95 bits per heavy atom. The number of benzene rings is 1. The molecule has 0 radical (unpaired) electrons. The van der Waals surface area contributed by atoms with Crippen molar-refractivity contribution in [3.05, 3.63) is 40.3 Å². The van der Waals surface area contributed by atoms with Gasteiger partial charge in [0.1, 0.15) is 0 Å². The first-order chi connectivity index (χ1) is 9.01. The molecule has 1 aliphatic rings. The van der Waals surface area contributed by atoms with Crippen LogP contribution in [0.2, 0.25) is 0 Å². The lowest BCUT2D eigenvalue weighted by Gasteiger charge is -2.10. The van der Waals surface area contributed by atoms with Crippen LogP contribution in [0.25, 0.3) is 10.8 Å². The van der Waals surface area contributed by atoms with E-state index >= 15 is 0 Å². The fourth-order valence-corrected chi connectivity index (χ4v) is 1.97. The zero-order chi connectivity index (χ0) is 13.6. The monoisotopic (exact) mass is 258 g/mol. The maximum absolute atomic E-state index is 12.2. The highest BCUT2D eigenvalue weighted by atomic mass is 16.7. The zero-order valence-electron chi connectivity index (χ0n) is 10.8. The first-order valence-corrected chi connectivity index (χ1v) is 6.23. The second-order valence-electron chi connectivity index (χ2n) is 5.25. The SMILES string of the molecule is Cc1nn(OC(=O)C2(C)CC2)c(=O)c2ccccc12. The Labute approximate surface area is 109 Å². The van der Waals surface area contributed by atoms with Crippen molar-refractivity contribution in [3.63, 3.8) is 0 Å². The summed E-state index contributed by atoms with van der Waals surface area (Å²) in [6.07, 6.45) is 1.60. The van der Waals surface area contributed by atoms with Crippen LogP contribution in [0.5, 0.6) is 0 Å². The van der Waals surface area contributed by atoms with E-state index in [1.807, 2.05) is 19.1 Å². The van der Waals surface area contributed by atoms with Crippen LogP contribution in [0.1, 0.15) is 25.5 Å². The van der Waals surface area contributed by atoms with Crippen molar-refractivity contribution in [1.82, 2.24) is 9.94 Å². The molecular weight excluding hydrogens is 244 g/mol. The topological polar surface area (TPSA) is 61.2 Å². The van der Waals surface area contributed by atoms with Gasteiger partial charge < -0.3 is 4.84 Å². The Kier molecular flexibility index (Phi) is 2.45. The minimum Gasteiger partial charge on any atom is -0.315 e. The van der Waals surface area contributed by atoms with Gasteiger partial charge in [-0.2, -0.15) is 0 Å². The van der Waals surface area contributed by atoms with E-state index in [2.05, 4.69) is 5.10 Å². The molecule has 1 fully saturated rings. The molecule has 5 heteroatoms. The maximum atomic E-state index is 12.2. The van der Waals surface area contributed by atoms with Crippen LogP contribution >= 0.6 is 0 Å². The minimum absolute atomic E-state index is 0.392. The summed E-state index contributed by atoms with van der Waals surface area (Å²) in [5.74, 6) is -0.392. The zero-order valence-corrected chi connectivity index (χ0v) is 10.8. The standard InChI is InChI=1S/C14H14N2O3/c1-9-10-5-3-4-6-11(10)12(17)16(15-9)19-13(18)14(2)7-8-14/h3-6H,7-8H2,1-2H3. The molecule has 0 amide bonds. The van der Waals surface area contributed by atoms with Gasteiger partial charge in [-0.25, -0.2) is 4.79 Å². The number of carbonyl (C=O) groups excluding carboxylic acids is 1. The van der Waals surface area contributed by atoms with Gasteiger partial charge in [0.25, 0.3) is 0 Å². The van der Waals surface area contributed by atoms with Gasteiger partial charge in [-0.3, -0.25) is 4.79 Å². The number of fused-ring (bicyclic) bond motifs is 1. The highest BCUT2D eigenvalue weighted by Gasteiger charge is 2.47. The molecule has 0 unspecified atom stereocenters. The van der Waals surface area contributed by atoms with Gasteiger partial charge >= 0.3 is 11.5 Å². The second-order valence-corrected chi connectivity index (χ2v) is 5.25. The number of aryl methyl sites for hydroxylation is 1. The minimum atomic E-state index is -0.444. The number of rotatable bonds is 2. The van der Waals surface area contributed by atoms with Crippen molar-refractivity contribution in [2.45, 2.75) is 26.7 Å². The molecule has 0 N–H and O–H groups in total. The van der Waals surface area contributed by atoms with E-state index in [1.165, 1.54) is 0 Å². The number of carbonyl (C=O) groups is 1. The third-order valence-electron chi connectivity index (χ3n) is 3.62. The van der Waals surface area contributed by atoms with Crippen LogP contribution in [-0.2, 0) is 4.79 Å². The number of aromatic nitrogens is 2. The first kappa shape index (κ1) is 11.9. The predicted molar refractivity (Wildman–Crippen MR) is 69.7 cm³/mol. The Bertz CT molecular complexity index is 729. The Morgan fingerprint density at radius 1 is 1.32 bits per heavy atom. The van der Waals surface area contributed by atoms with E-state index in [-0.39, 0.29) is 0 Å². The molecule has 1 aliphatic carbocycles. The molecule has 1 aromatic heterocycles. The molecule has 0 bridgehead atoms. The highest BCUT2D eigenvalue weighted by Crippen LogP contribution is 2.45. The average molecular weight is 258 g/mol. The van der Waals surface area contributed by atoms with Crippen LogP contribution in [0, 0.1) is 12.3 Å². The maximum Gasteiger partial charge on any atom is 0.340 e. The number of nitrogens with zero attached hydrogens (tertiary/aromatic N) is 2. The van der Waals surface area contributed by atoms with E-state index in [1.54, 1.807) is 19.1 Å². The van der Waals surface area contributed by atoms with Crippen molar-refractivity contribution in [2.75, 3.05) is 0 Å². The normalized spacial score (nSPS) is 16.3. The molecule has 19 heavy (non-hydrogen) atoms. The predicted octanol–water partition coefficient (Wildman–Crippen LogP) is 1.46. The number of hydrogen-bond donors (Lipinski definition) is 0. The molecule has 0 saturated heterocycles. The molecule has 1 aromatic carbocycles. The third-order valence-corrected chi connectivity index (χ3v) is 3.62. The quantitative estimate of drug-likeness (QED) is 0.818. The first-order valence-electron chi connectivity index (χ1n) is 6.23. The summed E-state index contributed by atoms with van der Waals surface area (Å²) >= 11 is 0. The Morgan fingerprint density at radius 3 is 2.58 bits per heavy atom. The summed E-state index contributed by atoms with van der Waals surface area (Å²) in [4.78, 5) is 30.0. The lowest BCUT2D eigenvalue weighted by atomic mass is 10.1. The largest absolute Gasteiger partial charge is 0.340 e. The van der Waals surface area contributed by atoms with E-state index in [0.717, 1.165) is 23.1 Å². The van der Waals surface area contributed by atoms with E-state index in [4.69, 9.17) is 4.84 Å². The fraction of sp³-hybridized carbons (Fsp3) is 0.357. The summed E-state index contributed by atoms with van der Waals surface area (Å²) < 4.78 is 0. The molecule has 0 spiro atoms. The van der Waals surface area contributed by atoms with E-state index in [0.29, 0.717) is 11.1 Å². The van der Waals surface area contributed by atoms with E-state index < -0.39 is 16.9 Å². The summed E-state index contributed by atoms with van der Waals surface area (Å²) in [6.45, 7) is 3.61. The molecule has 5 nitrogen and oxygen atoms in total. The molecule has 0 aliphatic heterocycles. The Balaban J connectivity index is 2.07. The van der Waals surface area contributed by atoms with Crippen LogP contribution < -0.4 is 10.4 Å². The summed E-state index contributed by atoms with van der Waals surface area (Å²) in [5.41, 5.74) is -0.191. The molecule has 98 valence electrons. The van der Waals surface area contributed by atoms with Crippen molar-refractivity contribution >= 4 is 16.7 Å². The van der Waals surface area contributed by atoms with Crippen LogP contribution in [0.15, 0.2) is 29.1 Å². The molecular formula is C14H14N2O3. The number of hydrogen-bond acceptors (Lipinski definition) is 4. The van der Waals surface area contributed by atoms with Gasteiger partial charge in [0.2, 0.25) is 0 Å². The van der Waals surface area contributed by atoms with Gasteiger partial charge in [0.05, 0.1) is 16.5 Å². The van der Waals surface area contributed by atoms with E-state index in [9.17, 15) is 9.59 Å².